The monoisotopic (exact) mass is 383 g/mol. The molecule has 0 radical (unpaired) electrons. The molecule has 1 fully saturated rings. The van der Waals surface area contributed by atoms with Crippen molar-refractivity contribution < 1.29 is 0 Å². The van der Waals surface area contributed by atoms with E-state index in [-0.39, 0.29) is 0 Å². The topological polar surface area (TPSA) is 70.4 Å². The van der Waals surface area contributed by atoms with Gasteiger partial charge in [0, 0.05) is 38.6 Å². The minimum Gasteiger partial charge on any atom is -0.357 e. The number of nitrogens with one attached hydrogen (secondary N) is 2. The quantitative estimate of drug-likeness (QED) is 0.539. The Morgan fingerprint density at radius 1 is 1.25 bits per heavy atom. The minimum absolute atomic E-state index is 0.427. The number of aromatic nitrogens is 3. The molecule has 1 aliphatic heterocycles. The van der Waals surface area contributed by atoms with Gasteiger partial charge in [0.1, 0.15) is 12.2 Å². The predicted octanol–water partition coefficient (Wildman–Crippen LogP) is 2.06. The lowest BCUT2D eigenvalue weighted by Gasteiger charge is -2.34. The first-order valence-corrected chi connectivity index (χ1v) is 10.5. The molecule has 1 aliphatic rings. The molecule has 1 saturated heterocycles. The summed E-state index contributed by atoms with van der Waals surface area (Å²) in [6, 6.07) is 11.1. The fourth-order valence-corrected chi connectivity index (χ4v) is 3.68. The number of aryl methyl sites for hydroxylation is 1. The lowest BCUT2D eigenvalue weighted by molar-refractivity contribution is 0.192. The molecule has 0 amide bonds. The fraction of sp³-hybridized carbons (Fsp3) is 0.571. The van der Waals surface area contributed by atoms with Crippen LogP contribution >= 0.6 is 0 Å². The molecule has 152 valence electrons. The number of aliphatic imine (C=N–C) groups is 1. The zero-order chi connectivity index (χ0) is 19.6. The highest BCUT2D eigenvalue weighted by Crippen LogP contribution is 2.13. The van der Waals surface area contributed by atoms with Crippen LogP contribution in [0.25, 0.3) is 0 Å². The van der Waals surface area contributed by atoms with Crippen molar-refractivity contribution in [2.75, 3.05) is 26.2 Å². The summed E-state index contributed by atoms with van der Waals surface area (Å²) in [5.74, 6) is 1.91. The molecule has 28 heavy (non-hydrogen) atoms. The van der Waals surface area contributed by atoms with Crippen molar-refractivity contribution in [3.63, 3.8) is 0 Å². The number of guanidine groups is 1. The number of likely N-dealkylation sites (tertiary alicyclic amines) is 1. The Bertz CT molecular complexity index is 725. The lowest BCUT2D eigenvalue weighted by atomic mass is 10.0. The Balaban J connectivity index is 1.52. The average molecular weight is 384 g/mol. The van der Waals surface area contributed by atoms with Crippen molar-refractivity contribution >= 4 is 5.96 Å². The summed E-state index contributed by atoms with van der Waals surface area (Å²) in [7, 11) is 0. The molecule has 1 aromatic heterocycles. The second-order valence-corrected chi connectivity index (χ2v) is 7.26. The maximum Gasteiger partial charge on any atom is 0.191 e. The van der Waals surface area contributed by atoms with Crippen LogP contribution in [0.1, 0.15) is 38.1 Å². The number of benzene rings is 1. The van der Waals surface area contributed by atoms with Gasteiger partial charge < -0.3 is 15.2 Å². The van der Waals surface area contributed by atoms with E-state index in [0.29, 0.717) is 12.6 Å². The van der Waals surface area contributed by atoms with Crippen LogP contribution in [0.3, 0.4) is 0 Å². The molecule has 0 aliphatic carbocycles. The molecule has 0 bridgehead atoms. The van der Waals surface area contributed by atoms with E-state index in [4.69, 9.17) is 4.99 Å². The van der Waals surface area contributed by atoms with Crippen molar-refractivity contribution in [2.45, 2.75) is 52.2 Å². The molecule has 2 N–H and O–H groups in total. The fourth-order valence-electron chi connectivity index (χ4n) is 3.68. The Morgan fingerprint density at radius 2 is 2.11 bits per heavy atom. The molecule has 3 rings (SSSR count). The Kier molecular flexibility index (Phi) is 7.84. The summed E-state index contributed by atoms with van der Waals surface area (Å²) in [5, 5.41) is 15.1. The van der Waals surface area contributed by atoms with Crippen LogP contribution < -0.4 is 10.6 Å². The minimum atomic E-state index is 0.427. The summed E-state index contributed by atoms with van der Waals surface area (Å²) < 4.78 is 2.08. The highest BCUT2D eigenvalue weighted by atomic mass is 15.3. The van der Waals surface area contributed by atoms with Crippen molar-refractivity contribution in [1.82, 2.24) is 30.3 Å². The van der Waals surface area contributed by atoms with E-state index < -0.39 is 0 Å². The molecule has 2 heterocycles. The normalized spacial score (nSPS) is 18.2. The Hall–Kier alpha value is -2.41. The third-order valence-corrected chi connectivity index (χ3v) is 5.06. The third-order valence-electron chi connectivity index (χ3n) is 5.06. The smallest absolute Gasteiger partial charge is 0.191 e. The van der Waals surface area contributed by atoms with E-state index in [2.05, 4.69) is 74.5 Å². The van der Waals surface area contributed by atoms with E-state index >= 15 is 0 Å². The number of piperidine rings is 1. The Morgan fingerprint density at radius 3 is 2.89 bits per heavy atom. The highest BCUT2D eigenvalue weighted by Gasteiger charge is 2.20. The predicted molar refractivity (Wildman–Crippen MR) is 113 cm³/mol. The van der Waals surface area contributed by atoms with Gasteiger partial charge >= 0.3 is 0 Å². The second kappa shape index (κ2) is 10.8. The molecule has 0 spiro atoms. The summed E-state index contributed by atoms with van der Waals surface area (Å²) in [5.41, 5.74) is 1.38. The molecule has 7 heteroatoms. The van der Waals surface area contributed by atoms with Gasteiger partial charge in [0.25, 0.3) is 0 Å². The van der Waals surface area contributed by atoms with Gasteiger partial charge in [-0.2, -0.15) is 0 Å². The molecule has 1 atom stereocenters. The standard InChI is InChI=1S/C21H33N7/c1-3-20-26-24-17-28(20)14-12-23-21(22-4-2)25-19-11-8-13-27(16-19)15-18-9-6-5-7-10-18/h5-7,9-10,17,19H,3-4,8,11-16H2,1-2H3,(H2,22,23,25). The molecule has 2 aromatic rings. The Labute approximate surface area is 168 Å². The molecular weight excluding hydrogens is 350 g/mol. The SMILES string of the molecule is CCNC(=NCCn1cnnc1CC)NC1CCCN(Cc2ccccc2)C1. The molecule has 1 aromatic carbocycles. The summed E-state index contributed by atoms with van der Waals surface area (Å²) >= 11 is 0. The van der Waals surface area contributed by atoms with Crippen molar-refractivity contribution in [3.8, 4) is 0 Å². The second-order valence-electron chi connectivity index (χ2n) is 7.26. The molecule has 0 saturated carbocycles. The summed E-state index contributed by atoms with van der Waals surface area (Å²) in [6.07, 6.45) is 5.07. The maximum atomic E-state index is 4.77. The van der Waals surface area contributed by atoms with Crippen LogP contribution in [0.5, 0.6) is 0 Å². The zero-order valence-corrected chi connectivity index (χ0v) is 17.1. The van der Waals surface area contributed by atoms with E-state index in [1.807, 2.05) is 0 Å². The molecular formula is C21H33N7. The zero-order valence-electron chi connectivity index (χ0n) is 17.1. The van der Waals surface area contributed by atoms with Gasteiger partial charge in [0.2, 0.25) is 0 Å². The van der Waals surface area contributed by atoms with Crippen LogP contribution in [-0.4, -0.2) is 57.8 Å². The third kappa shape index (κ3) is 6.05. The largest absolute Gasteiger partial charge is 0.357 e. The highest BCUT2D eigenvalue weighted by molar-refractivity contribution is 5.80. The van der Waals surface area contributed by atoms with Gasteiger partial charge in [-0.15, -0.1) is 10.2 Å². The van der Waals surface area contributed by atoms with E-state index in [1.54, 1.807) is 6.33 Å². The van der Waals surface area contributed by atoms with Crippen LogP contribution in [-0.2, 0) is 19.5 Å². The molecule has 7 nitrogen and oxygen atoms in total. The van der Waals surface area contributed by atoms with Gasteiger partial charge in [-0.3, -0.25) is 9.89 Å². The van der Waals surface area contributed by atoms with Crippen molar-refractivity contribution in [1.29, 1.82) is 0 Å². The van der Waals surface area contributed by atoms with E-state index in [0.717, 1.165) is 50.9 Å². The molecule has 1 unspecified atom stereocenters. The van der Waals surface area contributed by atoms with E-state index in [1.165, 1.54) is 18.4 Å². The number of nitrogens with zero attached hydrogens (tertiary/aromatic N) is 5. The lowest BCUT2D eigenvalue weighted by Crippen LogP contribution is -2.51. The maximum absolute atomic E-state index is 4.77. The van der Waals surface area contributed by atoms with Gasteiger partial charge in [-0.1, -0.05) is 37.3 Å². The van der Waals surface area contributed by atoms with Crippen LogP contribution in [0, 0.1) is 0 Å². The first-order chi connectivity index (χ1) is 13.8. The van der Waals surface area contributed by atoms with Crippen LogP contribution in [0.2, 0.25) is 0 Å². The number of hydrogen-bond acceptors (Lipinski definition) is 4. The van der Waals surface area contributed by atoms with Gasteiger partial charge in [0.15, 0.2) is 5.96 Å². The van der Waals surface area contributed by atoms with Crippen molar-refractivity contribution in [2.24, 2.45) is 4.99 Å². The van der Waals surface area contributed by atoms with E-state index in [9.17, 15) is 0 Å². The van der Waals surface area contributed by atoms with Crippen LogP contribution in [0.15, 0.2) is 41.7 Å². The van der Waals surface area contributed by atoms with Crippen LogP contribution in [0.4, 0.5) is 0 Å². The number of hydrogen-bond donors (Lipinski definition) is 2. The summed E-state index contributed by atoms with van der Waals surface area (Å²) in [4.78, 5) is 7.30. The van der Waals surface area contributed by atoms with Gasteiger partial charge in [0.05, 0.1) is 6.54 Å². The summed E-state index contributed by atoms with van der Waals surface area (Å²) in [6.45, 7) is 9.80. The first kappa shape index (κ1) is 20.3. The number of rotatable bonds is 8. The van der Waals surface area contributed by atoms with Gasteiger partial charge in [-0.05, 0) is 31.9 Å². The van der Waals surface area contributed by atoms with Gasteiger partial charge in [-0.25, -0.2) is 0 Å². The van der Waals surface area contributed by atoms with Crippen molar-refractivity contribution in [3.05, 3.63) is 48.0 Å². The average Bonchev–Trinajstić information content (AvgIpc) is 3.17. The first-order valence-electron chi connectivity index (χ1n) is 10.5.